The molecule has 2 aromatic rings. The highest BCUT2D eigenvalue weighted by Crippen LogP contribution is 2.40. The van der Waals surface area contributed by atoms with E-state index in [1.54, 1.807) is 14.2 Å². The van der Waals surface area contributed by atoms with E-state index < -0.39 is 0 Å². The Hall–Kier alpha value is -1.95. The maximum Gasteiger partial charge on any atom is 0.164 e. The molecule has 2 aliphatic heterocycles. The molecular formula is C23H29ClN2O3. The molecule has 1 saturated heterocycles. The smallest absolute Gasteiger partial charge is 0.164 e. The van der Waals surface area contributed by atoms with Gasteiger partial charge in [-0.2, -0.15) is 0 Å². The normalized spacial score (nSPS) is 19.7. The third-order valence-electron chi connectivity index (χ3n) is 5.96. The fourth-order valence-electron chi connectivity index (χ4n) is 4.40. The number of benzene rings is 2. The van der Waals surface area contributed by atoms with Gasteiger partial charge in [0.15, 0.2) is 11.5 Å². The molecule has 6 heteroatoms. The van der Waals surface area contributed by atoms with E-state index in [1.807, 2.05) is 24.3 Å². The minimum Gasteiger partial charge on any atom is -0.493 e. The summed E-state index contributed by atoms with van der Waals surface area (Å²) < 4.78 is 17.2. The average Bonchev–Trinajstić information content (AvgIpc) is 2.77. The summed E-state index contributed by atoms with van der Waals surface area (Å²) in [5.41, 5.74) is 3.68. The molecule has 0 aromatic heterocycles. The predicted molar refractivity (Wildman–Crippen MR) is 117 cm³/mol. The lowest BCUT2D eigenvalue weighted by atomic mass is 9.94. The van der Waals surface area contributed by atoms with Crippen LogP contribution in [0.1, 0.15) is 23.7 Å². The van der Waals surface area contributed by atoms with Gasteiger partial charge in [0.25, 0.3) is 0 Å². The third kappa shape index (κ3) is 4.47. The van der Waals surface area contributed by atoms with E-state index in [9.17, 15) is 0 Å². The SMILES string of the molecule is COc1ccc2c(c1OC)CCOC2CCN1CCN(c2cccc(Cl)c2)CC1. The molecular weight excluding hydrogens is 388 g/mol. The van der Waals surface area contributed by atoms with E-state index in [0.29, 0.717) is 0 Å². The van der Waals surface area contributed by atoms with Gasteiger partial charge in [-0.05, 0) is 42.7 Å². The van der Waals surface area contributed by atoms with E-state index in [1.165, 1.54) is 16.8 Å². The van der Waals surface area contributed by atoms with Gasteiger partial charge in [-0.25, -0.2) is 0 Å². The molecule has 1 unspecified atom stereocenters. The van der Waals surface area contributed by atoms with Crippen molar-refractivity contribution in [2.24, 2.45) is 0 Å². The molecule has 29 heavy (non-hydrogen) atoms. The van der Waals surface area contributed by atoms with Crippen molar-refractivity contribution in [2.75, 3.05) is 58.5 Å². The van der Waals surface area contributed by atoms with Crippen molar-refractivity contribution in [3.05, 3.63) is 52.5 Å². The summed E-state index contributed by atoms with van der Waals surface area (Å²) in [6.45, 7) is 5.91. The number of hydrogen-bond donors (Lipinski definition) is 0. The van der Waals surface area contributed by atoms with Gasteiger partial charge in [0.2, 0.25) is 0 Å². The molecule has 1 atom stereocenters. The van der Waals surface area contributed by atoms with Crippen LogP contribution >= 0.6 is 11.6 Å². The Morgan fingerprint density at radius 3 is 2.62 bits per heavy atom. The van der Waals surface area contributed by atoms with Crippen LogP contribution in [0.2, 0.25) is 5.02 Å². The summed E-state index contributed by atoms with van der Waals surface area (Å²) in [5.74, 6) is 1.65. The first-order valence-electron chi connectivity index (χ1n) is 10.3. The highest BCUT2D eigenvalue weighted by molar-refractivity contribution is 6.30. The monoisotopic (exact) mass is 416 g/mol. The number of halogens is 1. The Morgan fingerprint density at radius 1 is 1.07 bits per heavy atom. The number of fused-ring (bicyclic) bond motifs is 1. The molecule has 4 rings (SSSR count). The van der Waals surface area contributed by atoms with Gasteiger partial charge in [-0.15, -0.1) is 0 Å². The van der Waals surface area contributed by atoms with Crippen molar-refractivity contribution in [3.63, 3.8) is 0 Å². The van der Waals surface area contributed by atoms with E-state index in [2.05, 4.69) is 21.9 Å². The number of rotatable bonds is 6. The topological polar surface area (TPSA) is 34.2 Å². The molecule has 2 aromatic carbocycles. The number of ether oxygens (including phenoxy) is 3. The fraction of sp³-hybridized carbons (Fsp3) is 0.478. The van der Waals surface area contributed by atoms with Crippen LogP contribution in [0.5, 0.6) is 11.5 Å². The summed E-state index contributed by atoms with van der Waals surface area (Å²) in [5, 5.41) is 0.796. The summed E-state index contributed by atoms with van der Waals surface area (Å²) >= 11 is 6.14. The standard InChI is InChI=1S/C23H29ClN2O3/c1-27-22-7-6-19-20(23(22)28-2)9-15-29-21(19)8-10-25-11-13-26(14-12-25)18-5-3-4-17(24)16-18/h3-7,16,21H,8-15H2,1-2H3. The zero-order valence-corrected chi connectivity index (χ0v) is 18.0. The molecule has 1 fully saturated rings. The Kier molecular flexibility index (Phi) is 6.48. The molecule has 0 aliphatic carbocycles. The molecule has 5 nitrogen and oxygen atoms in total. The minimum atomic E-state index is 0.115. The van der Waals surface area contributed by atoms with Crippen molar-refractivity contribution in [3.8, 4) is 11.5 Å². The maximum absolute atomic E-state index is 6.14. The number of methoxy groups -OCH3 is 2. The average molecular weight is 417 g/mol. The van der Waals surface area contributed by atoms with Crippen LogP contribution in [0.15, 0.2) is 36.4 Å². The second-order valence-corrected chi connectivity index (χ2v) is 8.01. The summed E-state index contributed by atoms with van der Waals surface area (Å²) in [7, 11) is 3.39. The summed E-state index contributed by atoms with van der Waals surface area (Å²) in [6, 6.07) is 12.3. The molecule has 0 amide bonds. The van der Waals surface area contributed by atoms with Gasteiger partial charge in [0, 0.05) is 49.0 Å². The number of hydrogen-bond acceptors (Lipinski definition) is 5. The van der Waals surface area contributed by atoms with Gasteiger partial charge in [-0.1, -0.05) is 23.7 Å². The molecule has 0 radical (unpaired) electrons. The van der Waals surface area contributed by atoms with Crippen LogP contribution in [0.25, 0.3) is 0 Å². The number of anilines is 1. The van der Waals surface area contributed by atoms with Crippen molar-refractivity contribution in [1.29, 1.82) is 0 Å². The van der Waals surface area contributed by atoms with Gasteiger partial charge in [-0.3, -0.25) is 4.90 Å². The van der Waals surface area contributed by atoms with Crippen molar-refractivity contribution in [2.45, 2.75) is 18.9 Å². The Morgan fingerprint density at radius 2 is 1.90 bits per heavy atom. The Bertz CT molecular complexity index is 837. The van der Waals surface area contributed by atoms with Gasteiger partial charge in [0.05, 0.1) is 26.9 Å². The van der Waals surface area contributed by atoms with Crippen LogP contribution in [0, 0.1) is 0 Å². The zero-order chi connectivity index (χ0) is 20.2. The third-order valence-corrected chi connectivity index (χ3v) is 6.19. The summed E-state index contributed by atoms with van der Waals surface area (Å²) in [4.78, 5) is 4.94. The lowest BCUT2D eigenvalue weighted by Crippen LogP contribution is -2.46. The maximum atomic E-state index is 6.14. The fourth-order valence-corrected chi connectivity index (χ4v) is 4.58. The van der Waals surface area contributed by atoms with Crippen LogP contribution in [0.3, 0.4) is 0 Å². The van der Waals surface area contributed by atoms with Gasteiger partial charge in [0.1, 0.15) is 0 Å². The van der Waals surface area contributed by atoms with Crippen LogP contribution in [0.4, 0.5) is 5.69 Å². The van der Waals surface area contributed by atoms with Gasteiger partial charge < -0.3 is 19.1 Å². The van der Waals surface area contributed by atoms with E-state index in [4.69, 9.17) is 25.8 Å². The van der Waals surface area contributed by atoms with Crippen molar-refractivity contribution < 1.29 is 14.2 Å². The first-order chi connectivity index (χ1) is 14.2. The van der Waals surface area contributed by atoms with Crippen LogP contribution in [-0.4, -0.2) is 58.5 Å². The molecule has 0 bridgehead atoms. The second-order valence-electron chi connectivity index (χ2n) is 7.58. The summed E-state index contributed by atoms with van der Waals surface area (Å²) in [6.07, 6.45) is 1.97. The first kappa shape index (κ1) is 20.3. The molecule has 2 aliphatic rings. The predicted octanol–water partition coefficient (Wildman–Crippen LogP) is 4.18. The van der Waals surface area contributed by atoms with E-state index in [0.717, 1.165) is 68.7 Å². The minimum absolute atomic E-state index is 0.115. The molecule has 2 heterocycles. The van der Waals surface area contributed by atoms with E-state index in [-0.39, 0.29) is 6.10 Å². The first-order valence-corrected chi connectivity index (χ1v) is 10.7. The van der Waals surface area contributed by atoms with Gasteiger partial charge >= 0.3 is 0 Å². The zero-order valence-electron chi connectivity index (χ0n) is 17.2. The largest absolute Gasteiger partial charge is 0.493 e. The lowest BCUT2D eigenvalue weighted by molar-refractivity contribution is 0.0281. The quantitative estimate of drug-likeness (QED) is 0.705. The van der Waals surface area contributed by atoms with Crippen molar-refractivity contribution in [1.82, 2.24) is 4.90 Å². The Labute approximate surface area is 178 Å². The van der Waals surface area contributed by atoms with Crippen molar-refractivity contribution >= 4 is 17.3 Å². The molecule has 0 saturated carbocycles. The highest BCUT2D eigenvalue weighted by Gasteiger charge is 2.27. The highest BCUT2D eigenvalue weighted by atomic mass is 35.5. The van der Waals surface area contributed by atoms with Crippen LogP contribution in [-0.2, 0) is 11.2 Å². The molecule has 0 spiro atoms. The molecule has 156 valence electrons. The molecule has 0 N–H and O–H groups in total. The lowest BCUT2D eigenvalue weighted by Gasteiger charge is -2.37. The number of piperazine rings is 1. The van der Waals surface area contributed by atoms with Crippen LogP contribution < -0.4 is 14.4 Å². The van der Waals surface area contributed by atoms with E-state index >= 15 is 0 Å². The second kappa shape index (κ2) is 9.24. The Balaban J connectivity index is 1.35. The number of nitrogens with zero attached hydrogens (tertiary/aromatic N) is 2.